The molecule has 0 radical (unpaired) electrons. The Bertz CT molecular complexity index is 878. The number of carbonyl (C=O) groups excluding carboxylic acids is 1. The number of piperazine rings is 1. The van der Waals surface area contributed by atoms with Gasteiger partial charge in [-0.25, -0.2) is 0 Å². The number of fused-ring (bicyclic) bond motifs is 1. The third-order valence-electron chi connectivity index (χ3n) is 4.70. The molecule has 0 spiro atoms. The maximum atomic E-state index is 12.8. The highest BCUT2D eigenvalue weighted by Crippen LogP contribution is 2.22. The van der Waals surface area contributed by atoms with Crippen molar-refractivity contribution < 1.29 is 4.79 Å². The molecule has 1 aromatic heterocycles. The number of benzene rings is 2. The van der Waals surface area contributed by atoms with Gasteiger partial charge in [-0.15, -0.1) is 0 Å². The molecule has 122 valence electrons. The predicted molar refractivity (Wildman–Crippen MR) is 95.4 cm³/mol. The summed E-state index contributed by atoms with van der Waals surface area (Å²) in [5.41, 5.74) is 3.96. The SMILES string of the molecule is Cc1ccccc1N1CCN(C(=O)c2n[nH]c3ccccc23)CC1. The molecule has 5 nitrogen and oxygen atoms in total. The van der Waals surface area contributed by atoms with Gasteiger partial charge in [0, 0.05) is 37.3 Å². The minimum Gasteiger partial charge on any atom is -0.368 e. The third kappa shape index (κ3) is 2.52. The lowest BCUT2D eigenvalue weighted by Gasteiger charge is -2.36. The molecule has 2 aromatic carbocycles. The van der Waals surface area contributed by atoms with Crippen molar-refractivity contribution in [2.24, 2.45) is 0 Å². The van der Waals surface area contributed by atoms with E-state index >= 15 is 0 Å². The highest BCUT2D eigenvalue weighted by Gasteiger charge is 2.25. The Morgan fingerprint density at radius 3 is 2.50 bits per heavy atom. The van der Waals surface area contributed by atoms with Crippen LogP contribution in [-0.2, 0) is 0 Å². The fourth-order valence-corrected chi connectivity index (χ4v) is 3.34. The van der Waals surface area contributed by atoms with E-state index in [2.05, 4.69) is 46.3 Å². The predicted octanol–water partition coefficient (Wildman–Crippen LogP) is 2.83. The molecule has 0 aliphatic carbocycles. The molecule has 5 heteroatoms. The number of rotatable bonds is 2. The van der Waals surface area contributed by atoms with E-state index in [1.165, 1.54) is 11.3 Å². The van der Waals surface area contributed by atoms with Gasteiger partial charge >= 0.3 is 0 Å². The Morgan fingerprint density at radius 1 is 1.00 bits per heavy atom. The zero-order valence-electron chi connectivity index (χ0n) is 13.7. The number of nitrogens with one attached hydrogen (secondary N) is 1. The lowest BCUT2D eigenvalue weighted by molar-refractivity contribution is 0.0742. The van der Waals surface area contributed by atoms with Gasteiger partial charge in [-0.2, -0.15) is 5.10 Å². The Balaban J connectivity index is 1.50. The van der Waals surface area contributed by atoms with Crippen LogP contribution in [0.2, 0.25) is 0 Å². The first kappa shape index (κ1) is 14.8. The largest absolute Gasteiger partial charge is 0.368 e. The number of amides is 1. The van der Waals surface area contributed by atoms with E-state index in [1.54, 1.807) is 0 Å². The number of aryl methyl sites for hydroxylation is 1. The number of para-hydroxylation sites is 2. The molecule has 1 N–H and O–H groups in total. The van der Waals surface area contributed by atoms with Gasteiger partial charge in [0.2, 0.25) is 0 Å². The van der Waals surface area contributed by atoms with Crippen LogP contribution in [0.15, 0.2) is 48.5 Å². The van der Waals surface area contributed by atoms with E-state index in [4.69, 9.17) is 0 Å². The third-order valence-corrected chi connectivity index (χ3v) is 4.70. The van der Waals surface area contributed by atoms with Crippen LogP contribution in [0.25, 0.3) is 10.9 Å². The molecular formula is C19H20N4O. The van der Waals surface area contributed by atoms with Crippen molar-refractivity contribution in [3.05, 3.63) is 59.8 Å². The summed E-state index contributed by atoms with van der Waals surface area (Å²) in [6.45, 7) is 5.25. The first-order valence-corrected chi connectivity index (χ1v) is 8.27. The number of hydrogen-bond acceptors (Lipinski definition) is 3. The summed E-state index contributed by atoms with van der Waals surface area (Å²) >= 11 is 0. The number of H-pyrrole nitrogens is 1. The molecule has 1 saturated heterocycles. The van der Waals surface area contributed by atoms with Crippen LogP contribution in [0.5, 0.6) is 0 Å². The molecule has 1 aliphatic heterocycles. The van der Waals surface area contributed by atoms with Crippen molar-refractivity contribution in [2.75, 3.05) is 31.1 Å². The molecule has 0 saturated carbocycles. The van der Waals surface area contributed by atoms with Crippen LogP contribution in [-0.4, -0.2) is 47.2 Å². The zero-order chi connectivity index (χ0) is 16.5. The molecule has 1 amide bonds. The molecule has 2 heterocycles. The lowest BCUT2D eigenvalue weighted by Crippen LogP contribution is -2.49. The van der Waals surface area contributed by atoms with Crippen LogP contribution < -0.4 is 4.90 Å². The molecule has 0 bridgehead atoms. The van der Waals surface area contributed by atoms with Gasteiger partial charge in [-0.1, -0.05) is 36.4 Å². The van der Waals surface area contributed by atoms with Crippen LogP contribution in [0.4, 0.5) is 5.69 Å². The number of nitrogens with zero attached hydrogens (tertiary/aromatic N) is 3. The van der Waals surface area contributed by atoms with E-state index in [0.717, 1.165) is 24.0 Å². The topological polar surface area (TPSA) is 52.2 Å². The van der Waals surface area contributed by atoms with E-state index in [9.17, 15) is 4.79 Å². The molecule has 0 atom stereocenters. The summed E-state index contributed by atoms with van der Waals surface area (Å²) < 4.78 is 0. The van der Waals surface area contributed by atoms with Gasteiger partial charge < -0.3 is 9.80 Å². The number of hydrogen-bond donors (Lipinski definition) is 1. The summed E-state index contributed by atoms with van der Waals surface area (Å²) in [5.74, 6) is 0.0110. The first-order chi connectivity index (χ1) is 11.7. The fraction of sp³-hybridized carbons (Fsp3) is 0.263. The average Bonchev–Trinajstić information content (AvgIpc) is 3.06. The highest BCUT2D eigenvalue weighted by molar-refractivity contribution is 6.04. The van der Waals surface area contributed by atoms with Crippen molar-refractivity contribution >= 4 is 22.5 Å². The number of aromatic amines is 1. The number of aromatic nitrogens is 2. The summed E-state index contributed by atoms with van der Waals surface area (Å²) in [6, 6.07) is 16.2. The zero-order valence-corrected chi connectivity index (χ0v) is 13.7. The highest BCUT2D eigenvalue weighted by atomic mass is 16.2. The molecule has 24 heavy (non-hydrogen) atoms. The van der Waals surface area contributed by atoms with Gasteiger partial charge in [0.05, 0.1) is 5.52 Å². The monoisotopic (exact) mass is 320 g/mol. The average molecular weight is 320 g/mol. The van der Waals surface area contributed by atoms with Gasteiger partial charge in [-0.05, 0) is 24.6 Å². The Kier molecular flexibility index (Phi) is 3.69. The van der Waals surface area contributed by atoms with Crippen molar-refractivity contribution in [1.29, 1.82) is 0 Å². The van der Waals surface area contributed by atoms with Gasteiger partial charge in [0.1, 0.15) is 0 Å². The fourth-order valence-electron chi connectivity index (χ4n) is 3.34. The van der Waals surface area contributed by atoms with Crippen LogP contribution in [0.1, 0.15) is 16.1 Å². The molecule has 3 aromatic rings. The molecular weight excluding hydrogens is 300 g/mol. The van der Waals surface area contributed by atoms with Crippen LogP contribution in [0.3, 0.4) is 0 Å². The minimum absolute atomic E-state index is 0.0110. The molecule has 1 fully saturated rings. The number of carbonyl (C=O) groups is 1. The summed E-state index contributed by atoms with van der Waals surface area (Å²) in [6.07, 6.45) is 0. The van der Waals surface area contributed by atoms with Gasteiger partial charge in [0.25, 0.3) is 5.91 Å². The van der Waals surface area contributed by atoms with Crippen LogP contribution in [0, 0.1) is 6.92 Å². The standard InChI is InChI=1S/C19H20N4O/c1-14-6-2-5-9-17(14)22-10-12-23(13-11-22)19(24)18-15-7-3-4-8-16(15)20-21-18/h2-9H,10-13H2,1H3,(H,20,21). The Labute approximate surface area is 140 Å². The number of anilines is 1. The minimum atomic E-state index is 0.0110. The molecule has 1 aliphatic rings. The second-order valence-corrected chi connectivity index (χ2v) is 6.18. The van der Waals surface area contributed by atoms with E-state index in [1.807, 2.05) is 29.2 Å². The Morgan fingerprint density at radius 2 is 1.71 bits per heavy atom. The maximum absolute atomic E-state index is 12.8. The van der Waals surface area contributed by atoms with Crippen molar-refractivity contribution in [2.45, 2.75) is 6.92 Å². The van der Waals surface area contributed by atoms with Crippen molar-refractivity contribution in [3.8, 4) is 0 Å². The molecule has 4 rings (SSSR count). The van der Waals surface area contributed by atoms with E-state index in [0.29, 0.717) is 18.8 Å². The van der Waals surface area contributed by atoms with E-state index in [-0.39, 0.29) is 5.91 Å². The van der Waals surface area contributed by atoms with Crippen LogP contribution >= 0.6 is 0 Å². The first-order valence-electron chi connectivity index (χ1n) is 8.27. The lowest BCUT2D eigenvalue weighted by atomic mass is 10.1. The quantitative estimate of drug-likeness (QED) is 0.790. The van der Waals surface area contributed by atoms with E-state index < -0.39 is 0 Å². The van der Waals surface area contributed by atoms with Crippen molar-refractivity contribution in [1.82, 2.24) is 15.1 Å². The second-order valence-electron chi connectivity index (χ2n) is 6.18. The summed E-state index contributed by atoms with van der Waals surface area (Å²) in [5, 5.41) is 8.07. The summed E-state index contributed by atoms with van der Waals surface area (Å²) in [7, 11) is 0. The molecule has 0 unspecified atom stereocenters. The van der Waals surface area contributed by atoms with Gasteiger partial charge in [-0.3, -0.25) is 9.89 Å². The second kappa shape index (κ2) is 6.00. The van der Waals surface area contributed by atoms with Crippen molar-refractivity contribution in [3.63, 3.8) is 0 Å². The smallest absolute Gasteiger partial charge is 0.275 e. The Hall–Kier alpha value is -2.82. The normalized spacial score (nSPS) is 15.0. The summed E-state index contributed by atoms with van der Waals surface area (Å²) in [4.78, 5) is 17.1. The van der Waals surface area contributed by atoms with Gasteiger partial charge in [0.15, 0.2) is 5.69 Å². The maximum Gasteiger partial charge on any atom is 0.275 e.